The maximum Gasteiger partial charge on any atom is 0.271 e. The van der Waals surface area contributed by atoms with Crippen molar-refractivity contribution in [3.05, 3.63) is 56.5 Å². The molecule has 5 nitrogen and oxygen atoms in total. The highest BCUT2D eigenvalue weighted by Crippen LogP contribution is 2.37. The van der Waals surface area contributed by atoms with Crippen molar-refractivity contribution < 1.29 is 14.3 Å². The van der Waals surface area contributed by atoms with Gasteiger partial charge in [-0.15, -0.1) is 0 Å². The van der Waals surface area contributed by atoms with Gasteiger partial charge in [0.2, 0.25) is 0 Å². The molecular formula is C19H19Cl3N2O3. The molecule has 1 atom stereocenters. The summed E-state index contributed by atoms with van der Waals surface area (Å²) in [6, 6.07) is 7.97. The lowest BCUT2D eigenvalue weighted by molar-refractivity contribution is 0.0955. The molecule has 0 saturated heterocycles. The summed E-state index contributed by atoms with van der Waals surface area (Å²) in [6.45, 7) is 3.96. The van der Waals surface area contributed by atoms with Gasteiger partial charge < -0.3 is 9.47 Å². The number of carbonyl (C=O) groups is 1. The van der Waals surface area contributed by atoms with Crippen LogP contribution in [0.2, 0.25) is 15.1 Å². The highest BCUT2D eigenvalue weighted by Gasteiger charge is 2.14. The van der Waals surface area contributed by atoms with Crippen LogP contribution in [0.3, 0.4) is 0 Å². The van der Waals surface area contributed by atoms with Gasteiger partial charge in [-0.05, 0) is 49.2 Å². The van der Waals surface area contributed by atoms with Crippen molar-refractivity contribution in [3.63, 3.8) is 0 Å². The van der Waals surface area contributed by atoms with Crippen molar-refractivity contribution in [1.82, 2.24) is 5.43 Å². The zero-order valence-corrected chi connectivity index (χ0v) is 17.3. The van der Waals surface area contributed by atoms with Gasteiger partial charge in [-0.25, -0.2) is 5.43 Å². The first-order valence-electron chi connectivity index (χ1n) is 8.18. The molecule has 0 heterocycles. The number of methoxy groups -OCH3 is 1. The Hall–Kier alpha value is -1.95. The number of carbonyl (C=O) groups excluding carboxylic acids is 1. The number of hydrogen-bond acceptors (Lipinski definition) is 4. The predicted octanol–water partition coefficient (Wildman–Crippen LogP) is 5.60. The van der Waals surface area contributed by atoms with E-state index in [0.29, 0.717) is 37.7 Å². The minimum atomic E-state index is -0.417. The second kappa shape index (κ2) is 9.83. The smallest absolute Gasteiger partial charge is 0.271 e. The maximum absolute atomic E-state index is 12.1. The van der Waals surface area contributed by atoms with Gasteiger partial charge >= 0.3 is 0 Å². The summed E-state index contributed by atoms with van der Waals surface area (Å²) in [7, 11) is 1.53. The van der Waals surface area contributed by atoms with E-state index < -0.39 is 5.91 Å². The first kappa shape index (κ1) is 21.4. The number of halogens is 3. The Labute approximate surface area is 173 Å². The van der Waals surface area contributed by atoms with E-state index in [-0.39, 0.29) is 6.10 Å². The Bertz CT molecular complexity index is 856. The number of nitrogens with zero attached hydrogens (tertiary/aromatic N) is 1. The lowest BCUT2D eigenvalue weighted by Gasteiger charge is -2.17. The third kappa shape index (κ3) is 5.76. The average molecular weight is 430 g/mol. The normalized spacial score (nSPS) is 12.1. The number of ether oxygens (including phenoxy) is 2. The first-order valence-corrected chi connectivity index (χ1v) is 9.31. The molecule has 0 aliphatic heterocycles. The quantitative estimate of drug-likeness (QED) is 0.460. The third-order valence-corrected chi connectivity index (χ3v) is 4.73. The van der Waals surface area contributed by atoms with E-state index in [0.717, 1.165) is 6.42 Å². The molecule has 0 fully saturated rings. The summed E-state index contributed by atoms with van der Waals surface area (Å²) in [5.41, 5.74) is 3.40. The number of hydrazone groups is 1. The zero-order valence-electron chi connectivity index (χ0n) is 15.1. The molecule has 0 aromatic heterocycles. The number of rotatable bonds is 7. The molecule has 0 saturated carbocycles. The minimum absolute atomic E-state index is 0.00130. The molecule has 0 radical (unpaired) electrons. The molecule has 1 unspecified atom stereocenters. The molecule has 144 valence electrons. The van der Waals surface area contributed by atoms with Gasteiger partial charge in [0.1, 0.15) is 0 Å². The Morgan fingerprint density at radius 2 is 1.93 bits per heavy atom. The standard InChI is InChI=1S/C19H19Cl3N2O3/c1-4-11(2)27-18-16(22)7-12(8-17(18)26-3)10-23-24-19(25)13-5-6-14(20)15(21)9-13/h5-11H,4H2,1-3H3,(H,24,25). The summed E-state index contributed by atoms with van der Waals surface area (Å²) in [5.74, 6) is 0.546. The summed E-state index contributed by atoms with van der Waals surface area (Å²) in [6.07, 6.45) is 2.29. The summed E-state index contributed by atoms with van der Waals surface area (Å²) >= 11 is 18.1. The Kier molecular flexibility index (Phi) is 7.78. The van der Waals surface area contributed by atoms with E-state index in [4.69, 9.17) is 44.3 Å². The van der Waals surface area contributed by atoms with Gasteiger partial charge in [0.05, 0.1) is 34.5 Å². The third-order valence-electron chi connectivity index (χ3n) is 3.71. The van der Waals surface area contributed by atoms with Crippen molar-refractivity contribution in [2.45, 2.75) is 26.4 Å². The van der Waals surface area contributed by atoms with Crippen molar-refractivity contribution in [1.29, 1.82) is 0 Å². The van der Waals surface area contributed by atoms with Gasteiger partial charge in [0.15, 0.2) is 11.5 Å². The monoisotopic (exact) mass is 428 g/mol. The van der Waals surface area contributed by atoms with Gasteiger partial charge in [0, 0.05) is 5.56 Å². The van der Waals surface area contributed by atoms with Crippen LogP contribution in [0.4, 0.5) is 0 Å². The Morgan fingerprint density at radius 3 is 2.56 bits per heavy atom. The lowest BCUT2D eigenvalue weighted by atomic mass is 10.2. The molecule has 2 rings (SSSR count). The summed E-state index contributed by atoms with van der Waals surface area (Å²) in [5, 5.41) is 5.00. The van der Waals surface area contributed by atoms with Crippen LogP contribution < -0.4 is 14.9 Å². The molecule has 2 aromatic rings. The number of benzene rings is 2. The second-order valence-electron chi connectivity index (χ2n) is 5.70. The second-order valence-corrected chi connectivity index (χ2v) is 6.92. The number of hydrogen-bond donors (Lipinski definition) is 1. The zero-order chi connectivity index (χ0) is 20.0. The summed E-state index contributed by atoms with van der Waals surface area (Å²) < 4.78 is 11.1. The number of amides is 1. The minimum Gasteiger partial charge on any atom is -0.493 e. The van der Waals surface area contributed by atoms with Crippen LogP contribution in [0.15, 0.2) is 35.4 Å². The predicted molar refractivity (Wildman–Crippen MR) is 110 cm³/mol. The van der Waals surface area contributed by atoms with Gasteiger partial charge in [-0.3, -0.25) is 4.79 Å². The molecule has 0 bridgehead atoms. The molecule has 0 aliphatic rings. The van der Waals surface area contributed by atoms with Crippen molar-refractivity contribution in [3.8, 4) is 11.5 Å². The van der Waals surface area contributed by atoms with Gasteiger partial charge in [-0.1, -0.05) is 41.7 Å². The van der Waals surface area contributed by atoms with E-state index >= 15 is 0 Å². The van der Waals surface area contributed by atoms with Crippen LogP contribution in [-0.2, 0) is 0 Å². The van der Waals surface area contributed by atoms with E-state index in [2.05, 4.69) is 10.5 Å². The van der Waals surface area contributed by atoms with Crippen LogP contribution >= 0.6 is 34.8 Å². The van der Waals surface area contributed by atoms with Crippen LogP contribution in [-0.4, -0.2) is 25.3 Å². The molecule has 27 heavy (non-hydrogen) atoms. The van der Waals surface area contributed by atoms with E-state index in [9.17, 15) is 4.79 Å². The highest BCUT2D eigenvalue weighted by atomic mass is 35.5. The van der Waals surface area contributed by atoms with Crippen LogP contribution in [0, 0.1) is 0 Å². The fourth-order valence-electron chi connectivity index (χ4n) is 2.08. The number of nitrogens with one attached hydrogen (secondary N) is 1. The molecule has 8 heteroatoms. The van der Waals surface area contributed by atoms with Crippen LogP contribution in [0.5, 0.6) is 11.5 Å². The highest BCUT2D eigenvalue weighted by molar-refractivity contribution is 6.42. The van der Waals surface area contributed by atoms with E-state index in [1.807, 2.05) is 13.8 Å². The van der Waals surface area contributed by atoms with Crippen LogP contribution in [0.25, 0.3) is 0 Å². The van der Waals surface area contributed by atoms with Crippen molar-refractivity contribution in [2.75, 3.05) is 7.11 Å². The Balaban J connectivity index is 2.13. The van der Waals surface area contributed by atoms with Crippen LogP contribution in [0.1, 0.15) is 36.2 Å². The molecule has 1 N–H and O–H groups in total. The van der Waals surface area contributed by atoms with Crippen molar-refractivity contribution >= 4 is 46.9 Å². The molecule has 2 aromatic carbocycles. The molecular weight excluding hydrogens is 411 g/mol. The van der Waals surface area contributed by atoms with Crippen molar-refractivity contribution in [2.24, 2.45) is 5.10 Å². The summed E-state index contributed by atoms with van der Waals surface area (Å²) in [4.78, 5) is 12.1. The average Bonchev–Trinajstić information content (AvgIpc) is 2.65. The van der Waals surface area contributed by atoms with Gasteiger partial charge in [-0.2, -0.15) is 5.10 Å². The Morgan fingerprint density at radius 1 is 1.19 bits per heavy atom. The fraction of sp³-hybridized carbons (Fsp3) is 0.263. The maximum atomic E-state index is 12.1. The fourth-order valence-corrected chi connectivity index (χ4v) is 2.64. The largest absolute Gasteiger partial charge is 0.493 e. The topological polar surface area (TPSA) is 59.9 Å². The SMILES string of the molecule is CCC(C)Oc1c(Cl)cc(C=NNC(=O)c2ccc(Cl)c(Cl)c2)cc1OC. The lowest BCUT2D eigenvalue weighted by Crippen LogP contribution is -2.17. The molecule has 0 spiro atoms. The molecule has 1 amide bonds. The molecule has 0 aliphatic carbocycles. The van der Waals surface area contributed by atoms with E-state index in [1.165, 1.54) is 19.4 Å². The van der Waals surface area contributed by atoms with Gasteiger partial charge in [0.25, 0.3) is 5.91 Å². The van der Waals surface area contributed by atoms with E-state index in [1.54, 1.807) is 24.3 Å². The first-order chi connectivity index (χ1) is 12.8.